The summed E-state index contributed by atoms with van der Waals surface area (Å²) < 4.78 is 12.0. The molecule has 1 aromatic heterocycles. The van der Waals surface area contributed by atoms with E-state index in [1.54, 1.807) is 10.4 Å². The van der Waals surface area contributed by atoms with Crippen molar-refractivity contribution in [2.45, 2.75) is 65.7 Å². The zero-order valence-corrected chi connectivity index (χ0v) is 19.2. The van der Waals surface area contributed by atoms with E-state index in [0.717, 1.165) is 19.4 Å². The van der Waals surface area contributed by atoms with Crippen LogP contribution in [0.3, 0.4) is 0 Å². The highest BCUT2D eigenvalue weighted by Crippen LogP contribution is 2.42. The van der Waals surface area contributed by atoms with Crippen molar-refractivity contribution < 1.29 is 9.47 Å². The van der Waals surface area contributed by atoms with Crippen LogP contribution in [0, 0.1) is 12.3 Å². The largest absolute Gasteiger partial charge is 0.378 e. The standard InChI is InChI=1S/C25H36O2S/c1-18(2)22-13-20-14-25(6,15-23(20)28-22)17-27-12-11-26-16-24(4,5)21-9-7-19(3)8-10-21/h7-10,13,18H,11-12,14-17H2,1-6H3/t25-/m1/s1. The molecule has 0 fully saturated rings. The molecule has 0 N–H and O–H groups in total. The fourth-order valence-corrected chi connectivity index (χ4v) is 5.34. The molecule has 0 saturated carbocycles. The lowest BCUT2D eigenvalue weighted by atomic mass is 9.85. The number of ether oxygens (including phenoxy) is 2. The Bertz CT molecular complexity index is 747. The molecule has 28 heavy (non-hydrogen) atoms. The Morgan fingerprint density at radius 2 is 1.75 bits per heavy atom. The quantitative estimate of drug-likeness (QED) is 0.460. The molecule has 0 aliphatic heterocycles. The molecule has 1 aliphatic rings. The third-order valence-corrected chi connectivity index (χ3v) is 7.29. The number of benzene rings is 1. The second kappa shape index (κ2) is 8.69. The summed E-state index contributed by atoms with van der Waals surface area (Å²) in [6, 6.07) is 11.2. The molecule has 0 radical (unpaired) electrons. The lowest BCUT2D eigenvalue weighted by Crippen LogP contribution is -2.27. The van der Waals surface area contributed by atoms with Crippen LogP contribution in [-0.2, 0) is 27.7 Å². The minimum Gasteiger partial charge on any atom is -0.378 e. The number of fused-ring (bicyclic) bond motifs is 1. The van der Waals surface area contributed by atoms with E-state index >= 15 is 0 Å². The number of thiophene rings is 1. The first-order valence-electron chi connectivity index (χ1n) is 10.5. The summed E-state index contributed by atoms with van der Waals surface area (Å²) in [7, 11) is 0. The molecule has 2 nitrogen and oxygen atoms in total. The zero-order chi connectivity index (χ0) is 20.4. The van der Waals surface area contributed by atoms with Gasteiger partial charge in [-0.25, -0.2) is 0 Å². The molecule has 1 aliphatic carbocycles. The Morgan fingerprint density at radius 1 is 1.07 bits per heavy atom. The van der Waals surface area contributed by atoms with E-state index in [1.807, 2.05) is 11.3 Å². The zero-order valence-electron chi connectivity index (χ0n) is 18.4. The highest BCUT2D eigenvalue weighted by molar-refractivity contribution is 7.12. The summed E-state index contributed by atoms with van der Waals surface area (Å²) in [4.78, 5) is 3.10. The van der Waals surface area contributed by atoms with Gasteiger partial charge in [-0.1, -0.05) is 64.4 Å². The summed E-state index contributed by atoms with van der Waals surface area (Å²) in [6.07, 6.45) is 2.30. The summed E-state index contributed by atoms with van der Waals surface area (Å²) in [5.74, 6) is 0.638. The predicted octanol–water partition coefficient (Wildman–Crippen LogP) is 6.30. The molecular formula is C25H36O2S. The van der Waals surface area contributed by atoms with Crippen LogP contribution in [-0.4, -0.2) is 26.4 Å². The number of hydrogen-bond acceptors (Lipinski definition) is 3. The van der Waals surface area contributed by atoms with Gasteiger partial charge in [0.15, 0.2) is 0 Å². The molecular weight excluding hydrogens is 364 g/mol. The van der Waals surface area contributed by atoms with Crippen LogP contribution >= 0.6 is 11.3 Å². The van der Waals surface area contributed by atoms with Crippen LogP contribution in [0.25, 0.3) is 0 Å². The lowest BCUT2D eigenvalue weighted by Gasteiger charge is -2.26. The van der Waals surface area contributed by atoms with E-state index in [0.29, 0.717) is 25.7 Å². The summed E-state index contributed by atoms with van der Waals surface area (Å²) in [6.45, 7) is 16.4. The highest BCUT2D eigenvalue weighted by atomic mass is 32.1. The van der Waals surface area contributed by atoms with Gasteiger partial charge in [0.05, 0.1) is 26.4 Å². The van der Waals surface area contributed by atoms with Crippen molar-refractivity contribution in [1.82, 2.24) is 0 Å². The van der Waals surface area contributed by atoms with E-state index < -0.39 is 0 Å². The number of hydrogen-bond donors (Lipinski definition) is 0. The van der Waals surface area contributed by atoms with Crippen LogP contribution in [0.1, 0.15) is 67.0 Å². The van der Waals surface area contributed by atoms with Crippen molar-refractivity contribution in [1.29, 1.82) is 0 Å². The fraction of sp³-hybridized carbons (Fsp3) is 0.600. The molecule has 0 bridgehead atoms. The van der Waals surface area contributed by atoms with Gasteiger partial charge in [-0.3, -0.25) is 0 Å². The van der Waals surface area contributed by atoms with E-state index in [4.69, 9.17) is 9.47 Å². The molecule has 1 aromatic carbocycles. The first kappa shape index (κ1) is 21.5. The molecule has 0 amide bonds. The molecule has 1 heterocycles. The second-order valence-electron chi connectivity index (χ2n) is 9.77. The Kier molecular flexibility index (Phi) is 6.69. The second-order valence-corrected chi connectivity index (χ2v) is 10.9. The van der Waals surface area contributed by atoms with Gasteiger partial charge >= 0.3 is 0 Å². The van der Waals surface area contributed by atoms with Crippen molar-refractivity contribution in [3.05, 3.63) is 56.8 Å². The third-order valence-electron chi connectivity index (χ3n) is 5.81. The number of aryl methyl sites for hydroxylation is 1. The smallest absolute Gasteiger partial charge is 0.0700 e. The maximum atomic E-state index is 6.01. The van der Waals surface area contributed by atoms with Gasteiger partial charge in [0.1, 0.15) is 0 Å². The van der Waals surface area contributed by atoms with Crippen LogP contribution < -0.4 is 0 Å². The third kappa shape index (κ3) is 5.25. The van der Waals surface area contributed by atoms with Crippen LogP contribution in [0.15, 0.2) is 30.3 Å². The Balaban J connectivity index is 1.37. The van der Waals surface area contributed by atoms with Crippen molar-refractivity contribution in [3.63, 3.8) is 0 Å². The Labute approximate surface area is 175 Å². The van der Waals surface area contributed by atoms with Crippen molar-refractivity contribution in [3.8, 4) is 0 Å². The van der Waals surface area contributed by atoms with Gasteiger partial charge in [0, 0.05) is 15.2 Å². The maximum absolute atomic E-state index is 6.01. The van der Waals surface area contributed by atoms with E-state index in [9.17, 15) is 0 Å². The van der Waals surface area contributed by atoms with Gasteiger partial charge in [0.2, 0.25) is 0 Å². The molecule has 0 unspecified atom stereocenters. The monoisotopic (exact) mass is 400 g/mol. The van der Waals surface area contributed by atoms with Gasteiger partial charge in [-0.05, 0) is 48.3 Å². The van der Waals surface area contributed by atoms with Gasteiger partial charge in [0.25, 0.3) is 0 Å². The molecule has 1 atom stereocenters. The van der Waals surface area contributed by atoms with Gasteiger partial charge < -0.3 is 9.47 Å². The van der Waals surface area contributed by atoms with E-state index in [-0.39, 0.29) is 10.8 Å². The van der Waals surface area contributed by atoms with Crippen LogP contribution in [0.2, 0.25) is 0 Å². The van der Waals surface area contributed by atoms with Gasteiger partial charge in [-0.2, -0.15) is 0 Å². The van der Waals surface area contributed by atoms with Crippen LogP contribution in [0.5, 0.6) is 0 Å². The predicted molar refractivity (Wildman–Crippen MR) is 120 cm³/mol. The van der Waals surface area contributed by atoms with Crippen molar-refractivity contribution >= 4 is 11.3 Å². The summed E-state index contributed by atoms with van der Waals surface area (Å²) >= 11 is 2.00. The molecule has 154 valence electrons. The molecule has 0 spiro atoms. The van der Waals surface area contributed by atoms with Crippen molar-refractivity contribution in [2.24, 2.45) is 5.41 Å². The molecule has 3 rings (SSSR count). The molecule has 2 aromatic rings. The van der Waals surface area contributed by atoms with Crippen LogP contribution in [0.4, 0.5) is 0 Å². The lowest BCUT2D eigenvalue weighted by molar-refractivity contribution is 0.00315. The summed E-state index contributed by atoms with van der Waals surface area (Å²) in [5.41, 5.74) is 4.44. The Hall–Kier alpha value is -1.16. The summed E-state index contributed by atoms with van der Waals surface area (Å²) in [5, 5.41) is 0. The topological polar surface area (TPSA) is 18.5 Å². The minimum atomic E-state index is 0.0214. The normalized spacial score (nSPS) is 19.4. The van der Waals surface area contributed by atoms with E-state index in [1.165, 1.54) is 16.0 Å². The van der Waals surface area contributed by atoms with Gasteiger partial charge in [-0.15, -0.1) is 11.3 Å². The first-order chi connectivity index (χ1) is 13.2. The van der Waals surface area contributed by atoms with Crippen molar-refractivity contribution in [2.75, 3.05) is 26.4 Å². The number of rotatable bonds is 9. The minimum absolute atomic E-state index is 0.0214. The SMILES string of the molecule is Cc1ccc(C(C)(C)COCCOC[C@]2(C)Cc3cc(C(C)C)sc3C2)cc1. The Morgan fingerprint density at radius 3 is 2.39 bits per heavy atom. The maximum Gasteiger partial charge on any atom is 0.0700 e. The molecule has 0 saturated heterocycles. The van der Waals surface area contributed by atoms with E-state index in [2.05, 4.69) is 71.9 Å². The molecule has 3 heteroatoms. The first-order valence-corrected chi connectivity index (χ1v) is 11.3. The fourth-order valence-electron chi connectivity index (χ4n) is 3.94. The highest BCUT2D eigenvalue weighted by Gasteiger charge is 2.35. The average Bonchev–Trinajstić information content (AvgIpc) is 3.14. The average molecular weight is 401 g/mol.